The first-order valence-electron chi connectivity index (χ1n) is 5.46. The summed E-state index contributed by atoms with van der Waals surface area (Å²) < 4.78 is 2.03. The third kappa shape index (κ3) is 2.49. The van der Waals surface area contributed by atoms with Gasteiger partial charge in [0.15, 0.2) is 0 Å². The van der Waals surface area contributed by atoms with Gasteiger partial charge in [-0.3, -0.25) is 0 Å². The van der Waals surface area contributed by atoms with Gasteiger partial charge in [-0.05, 0) is 6.92 Å². The van der Waals surface area contributed by atoms with E-state index in [0.717, 1.165) is 24.6 Å². The molecule has 1 unspecified atom stereocenters. The Labute approximate surface area is 94.9 Å². The van der Waals surface area contributed by atoms with Gasteiger partial charge in [0.05, 0.1) is 6.04 Å². The molecular weight excluding hydrogens is 202 g/mol. The standard InChI is InChI=1S/C11H17N5/c1-9(11-15-7-8-16(11)2)12-4-3-10-13-5-6-14-10/h5-9,12H,3-4H2,1-2H3,(H,13,14). The van der Waals surface area contributed by atoms with Crippen LogP contribution < -0.4 is 5.32 Å². The highest BCUT2D eigenvalue weighted by Crippen LogP contribution is 2.07. The average Bonchev–Trinajstić information content (AvgIpc) is 2.88. The number of H-pyrrole nitrogens is 1. The summed E-state index contributed by atoms with van der Waals surface area (Å²) in [6.45, 7) is 3.01. The molecule has 2 heterocycles. The zero-order chi connectivity index (χ0) is 11.4. The number of hydrogen-bond acceptors (Lipinski definition) is 3. The summed E-state index contributed by atoms with van der Waals surface area (Å²) in [5.74, 6) is 2.07. The second-order valence-electron chi connectivity index (χ2n) is 3.86. The molecule has 0 fully saturated rings. The Kier molecular flexibility index (Phi) is 3.36. The average molecular weight is 219 g/mol. The van der Waals surface area contributed by atoms with Crippen molar-refractivity contribution in [2.75, 3.05) is 6.54 Å². The molecule has 2 rings (SSSR count). The van der Waals surface area contributed by atoms with Crippen molar-refractivity contribution >= 4 is 0 Å². The molecule has 86 valence electrons. The van der Waals surface area contributed by atoms with Gasteiger partial charge in [0, 0.05) is 44.8 Å². The number of aromatic nitrogens is 4. The number of aromatic amines is 1. The molecule has 2 N–H and O–H groups in total. The Balaban J connectivity index is 1.80. The highest BCUT2D eigenvalue weighted by atomic mass is 15.1. The summed E-state index contributed by atoms with van der Waals surface area (Å²) in [6.07, 6.45) is 8.30. The molecule has 0 aliphatic carbocycles. The van der Waals surface area contributed by atoms with E-state index in [1.807, 2.05) is 30.2 Å². The maximum absolute atomic E-state index is 4.31. The predicted octanol–water partition coefficient (Wildman–Crippen LogP) is 1.04. The minimum Gasteiger partial charge on any atom is -0.349 e. The van der Waals surface area contributed by atoms with Crippen LogP contribution in [0.2, 0.25) is 0 Å². The van der Waals surface area contributed by atoms with E-state index in [0.29, 0.717) is 0 Å². The van der Waals surface area contributed by atoms with E-state index < -0.39 is 0 Å². The monoisotopic (exact) mass is 219 g/mol. The fourth-order valence-electron chi connectivity index (χ4n) is 1.73. The fourth-order valence-corrected chi connectivity index (χ4v) is 1.73. The third-order valence-electron chi connectivity index (χ3n) is 2.61. The van der Waals surface area contributed by atoms with Crippen LogP contribution in [0.15, 0.2) is 24.8 Å². The van der Waals surface area contributed by atoms with Crippen molar-refractivity contribution in [2.45, 2.75) is 19.4 Å². The lowest BCUT2D eigenvalue weighted by atomic mass is 10.3. The van der Waals surface area contributed by atoms with E-state index in [1.54, 1.807) is 6.20 Å². The van der Waals surface area contributed by atoms with Gasteiger partial charge in [-0.15, -0.1) is 0 Å². The third-order valence-corrected chi connectivity index (χ3v) is 2.61. The maximum atomic E-state index is 4.31. The number of nitrogens with one attached hydrogen (secondary N) is 2. The molecule has 0 aliphatic rings. The summed E-state index contributed by atoms with van der Waals surface area (Å²) >= 11 is 0. The number of imidazole rings is 2. The Bertz CT molecular complexity index is 417. The minimum atomic E-state index is 0.259. The Morgan fingerprint density at radius 1 is 1.44 bits per heavy atom. The molecular formula is C11H17N5. The van der Waals surface area contributed by atoms with Crippen LogP contribution in [0.4, 0.5) is 0 Å². The van der Waals surface area contributed by atoms with Crippen molar-refractivity contribution in [3.05, 3.63) is 36.4 Å². The molecule has 0 saturated heterocycles. The van der Waals surface area contributed by atoms with Gasteiger partial charge in [-0.25, -0.2) is 9.97 Å². The molecule has 0 saturated carbocycles. The first-order valence-corrected chi connectivity index (χ1v) is 5.46. The smallest absolute Gasteiger partial charge is 0.125 e. The molecule has 0 amide bonds. The summed E-state index contributed by atoms with van der Waals surface area (Å²) in [5, 5.41) is 3.42. The molecule has 5 heteroatoms. The van der Waals surface area contributed by atoms with Crippen molar-refractivity contribution in [2.24, 2.45) is 7.05 Å². The van der Waals surface area contributed by atoms with Gasteiger partial charge < -0.3 is 14.9 Å². The van der Waals surface area contributed by atoms with Gasteiger partial charge in [-0.1, -0.05) is 0 Å². The fraction of sp³-hybridized carbons (Fsp3) is 0.455. The van der Waals surface area contributed by atoms with Crippen molar-refractivity contribution in [3.63, 3.8) is 0 Å². The highest BCUT2D eigenvalue weighted by molar-refractivity contribution is 4.97. The number of nitrogens with zero attached hydrogens (tertiary/aromatic N) is 3. The largest absolute Gasteiger partial charge is 0.349 e. The first-order chi connectivity index (χ1) is 7.77. The summed E-state index contributed by atoms with van der Waals surface area (Å²) in [6, 6.07) is 0.259. The zero-order valence-electron chi connectivity index (χ0n) is 9.64. The SMILES string of the molecule is CC(NCCc1ncc[nH]1)c1nccn1C. The highest BCUT2D eigenvalue weighted by Gasteiger charge is 2.08. The van der Waals surface area contributed by atoms with Gasteiger partial charge in [0.1, 0.15) is 11.6 Å². The van der Waals surface area contributed by atoms with Crippen LogP contribution in [-0.4, -0.2) is 26.1 Å². The molecule has 0 aromatic carbocycles. The lowest BCUT2D eigenvalue weighted by molar-refractivity contribution is 0.529. The molecule has 0 spiro atoms. The van der Waals surface area contributed by atoms with Crippen LogP contribution in [0.3, 0.4) is 0 Å². The van der Waals surface area contributed by atoms with Crippen molar-refractivity contribution in [1.29, 1.82) is 0 Å². The van der Waals surface area contributed by atoms with Crippen molar-refractivity contribution in [3.8, 4) is 0 Å². The van der Waals surface area contributed by atoms with Gasteiger partial charge in [0.2, 0.25) is 0 Å². The van der Waals surface area contributed by atoms with Crippen LogP contribution in [0.1, 0.15) is 24.6 Å². The number of rotatable bonds is 5. The quantitative estimate of drug-likeness (QED) is 0.790. The summed E-state index contributed by atoms with van der Waals surface area (Å²) in [5.41, 5.74) is 0. The topological polar surface area (TPSA) is 58.5 Å². The molecule has 2 aromatic heterocycles. The van der Waals surface area contributed by atoms with Crippen LogP contribution in [-0.2, 0) is 13.5 Å². The van der Waals surface area contributed by atoms with Crippen LogP contribution in [0.5, 0.6) is 0 Å². The number of hydrogen-bond donors (Lipinski definition) is 2. The van der Waals surface area contributed by atoms with Crippen LogP contribution in [0, 0.1) is 0 Å². The van der Waals surface area contributed by atoms with Gasteiger partial charge in [0.25, 0.3) is 0 Å². The minimum absolute atomic E-state index is 0.259. The molecule has 0 radical (unpaired) electrons. The van der Waals surface area contributed by atoms with E-state index in [-0.39, 0.29) is 6.04 Å². The van der Waals surface area contributed by atoms with E-state index >= 15 is 0 Å². The Hall–Kier alpha value is -1.62. The second-order valence-corrected chi connectivity index (χ2v) is 3.86. The van der Waals surface area contributed by atoms with Crippen molar-refractivity contribution < 1.29 is 0 Å². The molecule has 0 aliphatic heterocycles. The predicted molar refractivity (Wildman–Crippen MR) is 61.9 cm³/mol. The van der Waals surface area contributed by atoms with Gasteiger partial charge >= 0.3 is 0 Å². The lowest BCUT2D eigenvalue weighted by Gasteiger charge is -2.12. The van der Waals surface area contributed by atoms with E-state index in [1.165, 1.54) is 0 Å². The van der Waals surface area contributed by atoms with E-state index in [2.05, 4.69) is 27.2 Å². The second kappa shape index (κ2) is 4.94. The molecule has 2 aromatic rings. The van der Waals surface area contributed by atoms with E-state index in [4.69, 9.17) is 0 Å². The number of aryl methyl sites for hydroxylation is 1. The Morgan fingerprint density at radius 2 is 2.31 bits per heavy atom. The maximum Gasteiger partial charge on any atom is 0.125 e. The molecule has 16 heavy (non-hydrogen) atoms. The van der Waals surface area contributed by atoms with Crippen LogP contribution >= 0.6 is 0 Å². The molecule has 1 atom stereocenters. The normalized spacial score (nSPS) is 12.9. The van der Waals surface area contributed by atoms with Crippen LogP contribution in [0.25, 0.3) is 0 Å². The Morgan fingerprint density at radius 3 is 2.94 bits per heavy atom. The molecule has 5 nitrogen and oxygen atoms in total. The summed E-state index contributed by atoms with van der Waals surface area (Å²) in [4.78, 5) is 11.6. The molecule has 0 bridgehead atoms. The van der Waals surface area contributed by atoms with E-state index in [9.17, 15) is 0 Å². The first kappa shape index (κ1) is 10.9. The lowest BCUT2D eigenvalue weighted by Crippen LogP contribution is -2.24. The van der Waals surface area contributed by atoms with Gasteiger partial charge in [-0.2, -0.15) is 0 Å². The van der Waals surface area contributed by atoms with Crippen molar-refractivity contribution in [1.82, 2.24) is 24.8 Å². The zero-order valence-corrected chi connectivity index (χ0v) is 9.64. The summed E-state index contributed by atoms with van der Waals surface area (Å²) in [7, 11) is 2.01.